The van der Waals surface area contributed by atoms with Gasteiger partial charge in [0.15, 0.2) is 17.4 Å². The first-order valence-corrected chi connectivity index (χ1v) is 7.47. The summed E-state index contributed by atoms with van der Waals surface area (Å²) in [5.41, 5.74) is 0. The van der Waals surface area contributed by atoms with E-state index in [2.05, 4.69) is 4.74 Å². The lowest BCUT2D eigenvalue weighted by Gasteiger charge is -2.20. The molecule has 27 heavy (non-hydrogen) atoms. The van der Waals surface area contributed by atoms with Gasteiger partial charge in [0.2, 0.25) is 0 Å². The number of nitrogens with one attached hydrogen (secondary N) is 1. The molecule has 0 aromatic heterocycles. The van der Waals surface area contributed by atoms with Gasteiger partial charge in [0, 0.05) is 17.5 Å². The van der Waals surface area contributed by atoms with Gasteiger partial charge in [-0.3, -0.25) is 19.7 Å². The molecule has 13 heteroatoms. The summed E-state index contributed by atoms with van der Waals surface area (Å²) in [6, 6.07) is -1.50. The Bertz CT molecular complexity index is 632. The second-order valence-corrected chi connectivity index (χ2v) is 5.12. The van der Waals surface area contributed by atoms with Crippen LogP contribution in [0.25, 0.3) is 0 Å². The monoisotopic (exact) mass is 398 g/mol. The maximum atomic E-state index is 11.9. The van der Waals surface area contributed by atoms with E-state index in [9.17, 15) is 38.0 Å². The van der Waals surface area contributed by atoms with Crippen molar-refractivity contribution in [1.29, 1.82) is 0 Å². The van der Waals surface area contributed by atoms with Crippen LogP contribution in [-0.2, 0) is 23.8 Å². The minimum Gasteiger partial charge on any atom is -0.504 e. The summed E-state index contributed by atoms with van der Waals surface area (Å²) in [6.45, 7) is -0.926. The van der Waals surface area contributed by atoms with E-state index in [4.69, 9.17) is 9.47 Å². The van der Waals surface area contributed by atoms with Crippen molar-refractivity contribution >= 4 is 11.9 Å². The smallest absolute Gasteiger partial charge is 0.471 e. The van der Waals surface area contributed by atoms with E-state index < -0.39 is 40.7 Å². The zero-order valence-electron chi connectivity index (χ0n) is 14.0. The highest BCUT2D eigenvalue weighted by atomic mass is 19.4. The van der Waals surface area contributed by atoms with Crippen LogP contribution in [0, 0.1) is 16.0 Å². The molecule has 0 aromatic rings. The second-order valence-electron chi connectivity index (χ2n) is 5.12. The number of nitrogens with zero attached hydrogens (tertiary/aromatic N) is 1. The second kappa shape index (κ2) is 9.75. The van der Waals surface area contributed by atoms with E-state index in [0.29, 0.717) is 0 Å². The lowest BCUT2D eigenvalue weighted by Crippen LogP contribution is -2.38. The SMILES string of the molecule is COC(=O)C1C=C(O)C(OCCOCCNC(=O)C(F)(F)F)=CC1[N+](=O)[O-]. The van der Waals surface area contributed by atoms with Crippen molar-refractivity contribution in [3.63, 3.8) is 0 Å². The van der Waals surface area contributed by atoms with Crippen molar-refractivity contribution in [3.8, 4) is 0 Å². The van der Waals surface area contributed by atoms with Crippen molar-refractivity contribution < 1.29 is 47.0 Å². The molecule has 0 bridgehead atoms. The van der Waals surface area contributed by atoms with E-state index >= 15 is 0 Å². The molecule has 1 rings (SSSR count). The molecule has 0 heterocycles. The number of halogens is 3. The van der Waals surface area contributed by atoms with E-state index in [1.165, 1.54) is 0 Å². The molecule has 0 aromatic carbocycles. The lowest BCUT2D eigenvalue weighted by atomic mass is 9.94. The van der Waals surface area contributed by atoms with Crippen LogP contribution in [0.1, 0.15) is 0 Å². The van der Waals surface area contributed by atoms with Gasteiger partial charge < -0.3 is 24.6 Å². The Hall–Kier alpha value is -2.83. The molecule has 1 amide bonds. The fourth-order valence-electron chi connectivity index (χ4n) is 2.00. The largest absolute Gasteiger partial charge is 0.504 e. The minimum atomic E-state index is -4.98. The van der Waals surface area contributed by atoms with Gasteiger partial charge in [0.05, 0.1) is 20.3 Å². The molecule has 0 saturated heterocycles. The Morgan fingerprint density at radius 3 is 2.52 bits per heavy atom. The van der Waals surface area contributed by atoms with Crippen LogP contribution in [0.4, 0.5) is 13.2 Å². The third kappa shape index (κ3) is 6.77. The third-order valence-electron chi connectivity index (χ3n) is 3.27. The van der Waals surface area contributed by atoms with Crippen molar-refractivity contribution in [1.82, 2.24) is 5.32 Å². The van der Waals surface area contributed by atoms with Gasteiger partial charge in [-0.2, -0.15) is 13.2 Å². The summed E-state index contributed by atoms with van der Waals surface area (Å²) in [5, 5.41) is 22.5. The standard InChI is InChI=1S/C14H17F3N2O8/c1-25-12(21)8-6-10(20)11(7-9(8)19(23)24)27-5-4-26-3-2-18-13(22)14(15,16)17/h6-9,20H,2-5H2,1H3,(H,18,22). The number of alkyl halides is 3. The predicted molar refractivity (Wildman–Crippen MR) is 80.9 cm³/mol. The number of methoxy groups -OCH3 is 1. The summed E-state index contributed by atoms with van der Waals surface area (Å²) in [6.07, 6.45) is -3.10. The molecule has 1 aliphatic carbocycles. The molecule has 2 atom stereocenters. The fourth-order valence-corrected chi connectivity index (χ4v) is 2.00. The number of esters is 1. The number of carbonyl (C=O) groups excluding carboxylic acids is 2. The number of nitro groups is 1. The van der Waals surface area contributed by atoms with Gasteiger partial charge >= 0.3 is 18.1 Å². The van der Waals surface area contributed by atoms with Crippen LogP contribution in [-0.4, -0.2) is 67.6 Å². The molecule has 152 valence electrons. The third-order valence-corrected chi connectivity index (χ3v) is 3.27. The van der Waals surface area contributed by atoms with Crippen LogP contribution >= 0.6 is 0 Å². The maximum absolute atomic E-state index is 11.9. The van der Waals surface area contributed by atoms with Crippen molar-refractivity contribution in [2.24, 2.45) is 5.92 Å². The molecule has 0 aliphatic heterocycles. The summed E-state index contributed by atoms with van der Waals surface area (Å²) in [7, 11) is 1.05. The minimum absolute atomic E-state index is 0.129. The Balaban J connectivity index is 2.42. The van der Waals surface area contributed by atoms with Crippen LogP contribution in [0.3, 0.4) is 0 Å². The highest BCUT2D eigenvalue weighted by molar-refractivity contribution is 5.81. The number of hydrogen-bond donors (Lipinski definition) is 2. The van der Waals surface area contributed by atoms with Crippen molar-refractivity contribution in [2.75, 3.05) is 33.5 Å². The van der Waals surface area contributed by atoms with E-state index in [1.807, 2.05) is 0 Å². The first-order valence-electron chi connectivity index (χ1n) is 7.47. The summed E-state index contributed by atoms with van der Waals surface area (Å²) < 4.78 is 50.3. The van der Waals surface area contributed by atoms with Crippen LogP contribution in [0.15, 0.2) is 23.7 Å². The van der Waals surface area contributed by atoms with E-state index in [1.54, 1.807) is 5.32 Å². The zero-order chi connectivity index (χ0) is 20.6. The molecular weight excluding hydrogens is 381 g/mol. The molecule has 2 N–H and O–H groups in total. The number of aliphatic hydroxyl groups is 1. The predicted octanol–water partition coefficient (Wildman–Crippen LogP) is 0.472. The molecule has 0 spiro atoms. The van der Waals surface area contributed by atoms with Gasteiger partial charge in [0.1, 0.15) is 6.61 Å². The summed E-state index contributed by atoms with van der Waals surface area (Å²) in [4.78, 5) is 32.4. The fraction of sp³-hybridized carbons (Fsp3) is 0.571. The van der Waals surface area contributed by atoms with E-state index in [-0.39, 0.29) is 32.1 Å². The number of amides is 1. The van der Waals surface area contributed by atoms with Gasteiger partial charge in [0.25, 0.3) is 6.04 Å². The highest BCUT2D eigenvalue weighted by Gasteiger charge is 2.40. The molecule has 0 radical (unpaired) electrons. The number of aliphatic hydroxyl groups excluding tert-OH is 1. The van der Waals surface area contributed by atoms with Gasteiger partial charge in [-0.05, 0) is 6.08 Å². The lowest BCUT2D eigenvalue weighted by molar-refractivity contribution is -0.514. The molecule has 0 fully saturated rings. The summed E-state index contributed by atoms with van der Waals surface area (Å²) >= 11 is 0. The van der Waals surface area contributed by atoms with Gasteiger partial charge in [-0.25, -0.2) is 0 Å². The number of ether oxygens (including phenoxy) is 3. The maximum Gasteiger partial charge on any atom is 0.471 e. The molecule has 10 nitrogen and oxygen atoms in total. The van der Waals surface area contributed by atoms with Gasteiger partial charge in [-0.1, -0.05) is 0 Å². The average Bonchev–Trinajstić information content (AvgIpc) is 2.59. The average molecular weight is 398 g/mol. The summed E-state index contributed by atoms with van der Waals surface area (Å²) in [5.74, 6) is -5.05. The molecular formula is C14H17F3N2O8. The van der Waals surface area contributed by atoms with Crippen LogP contribution < -0.4 is 5.32 Å². The molecule has 0 saturated carbocycles. The Labute approximate surface area is 150 Å². The van der Waals surface area contributed by atoms with Gasteiger partial charge in [-0.15, -0.1) is 0 Å². The number of rotatable bonds is 9. The molecule has 1 aliphatic rings. The Morgan fingerprint density at radius 2 is 1.96 bits per heavy atom. The van der Waals surface area contributed by atoms with Crippen molar-refractivity contribution in [2.45, 2.75) is 12.2 Å². The number of carbonyl (C=O) groups is 2. The Kier molecular flexibility index (Phi) is 8.02. The van der Waals surface area contributed by atoms with E-state index in [0.717, 1.165) is 19.3 Å². The topological polar surface area (TPSA) is 137 Å². The highest BCUT2D eigenvalue weighted by Crippen LogP contribution is 2.25. The molecule has 2 unspecified atom stereocenters. The van der Waals surface area contributed by atoms with Crippen molar-refractivity contribution in [3.05, 3.63) is 33.8 Å². The zero-order valence-corrected chi connectivity index (χ0v) is 14.0. The Morgan fingerprint density at radius 1 is 1.30 bits per heavy atom. The quantitative estimate of drug-likeness (QED) is 0.248. The first kappa shape index (κ1) is 22.2. The first-order chi connectivity index (χ1) is 12.6. The number of hydrogen-bond acceptors (Lipinski definition) is 8. The van der Waals surface area contributed by atoms with Crippen LogP contribution in [0.2, 0.25) is 0 Å². The van der Waals surface area contributed by atoms with Crippen LogP contribution in [0.5, 0.6) is 0 Å². The normalized spacial score (nSPS) is 19.6.